The maximum Gasteiger partial charge on any atom is 0.337 e. The number of anilines is 1. The third-order valence-corrected chi connectivity index (χ3v) is 2.90. The molecular weight excluding hydrogens is 214 g/mol. The van der Waals surface area contributed by atoms with Gasteiger partial charge in [0, 0.05) is 11.7 Å². The van der Waals surface area contributed by atoms with E-state index in [9.17, 15) is 4.79 Å². The zero-order chi connectivity index (χ0) is 12.8. The third-order valence-electron chi connectivity index (χ3n) is 2.90. The van der Waals surface area contributed by atoms with E-state index in [1.807, 2.05) is 19.1 Å². The number of aryl methyl sites for hydroxylation is 1. The molecule has 17 heavy (non-hydrogen) atoms. The lowest BCUT2D eigenvalue weighted by atomic mass is 10.1. The first-order chi connectivity index (χ1) is 8.08. The van der Waals surface area contributed by atoms with Gasteiger partial charge in [0.2, 0.25) is 0 Å². The van der Waals surface area contributed by atoms with Gasteiger partial charge in [-0.3, -0.25) is 0 Å². The molecule has 0 saturated carbocycles. The van der Waals surface area contributed by atoms with Crippen molar-refractivity contribution in [1.29, 1.82) is 0 Å². The Hall–Kier alpha value is -1.51. The van der Waals surface area contributed by atoms with Gasteiger partial charge < -0.3 is 10.4 Å². The van der Waals surface area contributed by atoms with E-state index < -0.39 is 5.97 Å². The Labute approximate surface area is 103 Å². The molecule has 0 aliphatic rings. The Morgan fingerprint density at radius 1 is 1.41 bits per heavy atom. The maximum absolute atomic E-state index is 11.2. The highest BCUT2D eigenvalue weighted by atomic mass is 16.4. The number of carboxylic acid groups (broad SMARTS) is 1. The van der Waals surface area contributed by atoms with Gasteiger partial charge in [0.1, 0.15) is 0 Å². The van der Waals surface area contributed by atoms with E-state index in [1.54, 1.807) is 6.07 Å². The highest BCUT2D eigenvalue weighted by molar-refractivity contribution is 5.94. The molecule has 0 aliphatic heterocycles. The van der Waals surface area contributed by atoms with Crippen LogP contribution in [0.5, 0.6) is 0 Å². The molecule has 0 aliphatic carbocycles. The van der Waals surface area contributed by atoms with Crippen molar-refractivity contribution in [2.75, 3.05) is 5.32 Å². The largest absolute Gasteiger partial charge is 0.478 e. The van der Waals surface area contributed by atoms with Crippen molar-refractivity contribution in [2.45, 2.75) is 46.1 Å². The molecule has 0 bridgehead atoms. The van der Waals surface area contributed by atoms with Crippen LogP contribution in [0, 0.1) is 6.92 Å². The molecule has 0 saturated heterocycles. The van der Waals surface area contributed by atoms with Crippen molar-refractivity contribution >= 4 is 11.7 Å². The monoisotopic (exact) mass is 235 g/mol. The van der Waals surface area contributed by atoms with Crippen LogP contribution in [0.3, 0.4) is 0 Å². The topological polar surface area (TPSA) is 49.3 Å². The number of carbonyl (C=O) groups is 1. The van der Waals surface area contributed by atoms with Crippen molar-refractivity contribution < 1.29 is 9.90 Å². The predicted octanol–water partition coefficient (Wildman–Crippen LogP) is 3.68. The van der Waals surface area contributed by atoms with Crippen LogP contribution >= 0.6 is 0 Å². The second-order valence-corrected chi connectivity index (χ2v) is 4.39. The average molecular weight is 235 g/mol. The van der Waals surface area contributed by atoms with Gasteiger partial charge in [-0.2, -0.15) is 0 Å². The van der Waals surface area contributed by atoms with Gasteiger partial charge in [-0.05, 0) is 31.9 Å². The fourth-order valence-corrected chi connectivity index (χ4v) is 1.91. The Balaban J connectivity index is 2.92. The zero-order valence-electron chi connectivity index (χ0n) is 10.8. The van der Waals surface area contributed by atoms with Gasteiger partial charge in [0.05, 0.1) is 5.56 Å². The molecule has 1 aromatic rings. The number of rotatable bonds is 6. The minimum absolute atomic E-state index is 0.348. The number of hydrogen-bond acceptors (Lipinski definition) is 2. The highest BCUT2D eigenvalue weighted by Crippen LogP contribution is 2.20. The number of carboxylic acids is 1. The van der Waals surface area contributed by atoms with E-state index in [2.05, 4.69) is 19.2 Å². The molecule has 0 spiro atoms. The molecular formula is C14H21NO2. The summed E-state index contributed by atoms with van der Waals surface area (Å²) in [6.45, 7) is 6.15. The molecule has 94 valence electrons. The Morgan fingerprint density at radius 2 is 2.12 bits per heavy atom. The molecule has 1 aromatic carbocycles. The summed E-state index contributed by atoms with van der Waals surface area (Å²) in [7, 11) is 0. The van der Waals surface area contributed by atoms with Crippen LogP contribution in [0.25, 0.3) is 0 Å². The summed E-state index contributed by atoms with van der Waals surface area (Å²) in [4.78, 5) is 11.2. The summed E-state index contributed by atoms with van der Waals surface area (Å²) in [5.74, 6) is -0.873. The first-order valence-corrected chi connectivity index (χ1v) is 6.19. The van der Waals surface area contributed by atoms with Gasteiger partial charge in [-0.1, -0.05) is 31.9 Å². The van der Waals surface area contributed by atoms with E-state index in [4.69, 9.17) is 5.11 Å². The lowest BCUT2D eigenvalue weighted by Gasteiger charge is -2.19. The summed E-state index contributed by atoms with van der Waals surface area (Å²) in [5.41, 5.74) is 2.06. The molecule has 0 amide bonds. The van der Waals surface area contributed by atoms with E-state index >= 15 is 0 Å². The Kier molecular flexibility index (Phi) is 5.01. The quantitative estimate of drug-likeness (QED) is 0.790. The minimum Gasteiger partial charge on any atom is -0.478 e. The molecule has 1 unspecified atom stereocenters. The van der Waals surface area contributed by atoms with Gasteiger partial charge >= 0.3 is 5.97 Å². The fourth-order valence-electron chi connectivity index (χ4n) is 1.91. The summed E-state index contributed by atoms with van der Waals surface area (Å²) in [6.07, 6.45) is 3.16. The SMILES string of the molecule is CCCC(CC)Nc1ccc(C)cc1C(=O)O. The lowest BCUT2D eigenvalue weighted by molar-refractivity contribution is 0.0698. The van der Waals surface area contributed by atoms with E-state index in [0.29, 0.717) is 11.6 Å². The summed E-state index contributed by atoms with van der Waals surface area (Å²) >= 11 is 0. The van der Waals surface area contributed by atoms with E-state index in [-0.39, 0.29) is 0 Å². The van der Waals surface area contributed by atoms with E-state index in [1.165, 1.54) is 0 Å². The van der Waals surface area contributed by atoms with Crippen molar-refractivity contribution in [2.24, 2.45) is 0 Å². The molecule has 1 rings (SSSR count). The summed E-state index contributed by atoms with van der Waals surface area (Å²) < 4.78 is 0. The predicted molar refractivity (Wildman–Crippen MR) is 70.7 cm³/mol. The molecule has 0 fully saturated rings. The van der Waals surface area contributed by atoms with Crippen molar-refractivity contribution in [3.8, 4) is 0 Å². The standard InChI is InChI=1S/C14H21NO2/c1-4-6-11(5-2)15-13-8-7-10(3)9-12(13)14(16)17/h7-9,11,15H,4-6H2,1-3H3,(H,16,17). The van der Waals surface area contributed by atoms with Crippen LogP contribution in [0.2, 0.25) is 0 Å². The van der Waals surface area contributed by atoms with E-state index in [0.717, 1.165) is 30.5 Å². The Bertz CT molecular complexity index is 388. The summed E-state index contributed by atoms with van der Waals surface area (Å²) in [6, 6.07) is 5.86. The first-order valence-electron chi connectivity index (χ1n) is 6.19. The molecule has 2 N–H and O–H groups in total. The second kappa shape index (κ2) is 6.28. The Morgan fingerprint density at radius 3 is 2.65 bits per heavy atom. The second-order valence-electron chi connectivity index (χ2n) is 4.39. The normalized spacial score (nSPS) is 12.2. The number of nitrogens with one attached hydrogen (secondary N) is 1. The molecule has 3 nitrogen and oxygen atoms in total. The first kappa shape index (κ1) is 13.6. The van der Waals surface area contributed by atoms with Gasteiger partial charge in [-0.25, -0.2) is 4.79 Å². The average Bonchev–Trinajstić information content (AvgIpc) is 2.30. The van der Waals surface area contributed by atoms with Gasteiger partial charge in [-0.15, -0.1) is 0 Å². The number of hydrogen-bond donors (Lipinski definition) is 2. The number of aromatic carboxylic acids is 1. The third kappa shape index (κ3) is 3.77. The zero-order valence-corrected chi connectivity index (χ0v) is 10.8. The van der Waals surface area contributed by atoms with Crippen LogP contribution in [-0.2, 0) is 0 Å². The molecule has 0 heterocycles. The maximum atomic E-state index is 11.2. The van der Waals surface area contributed by atoms with Crippen molar-refractivity contribution in [3.05, 3.63) is 29.3 Å². The van der Waals surface area contributed by atoms with Gasteiger partial charge in [0.25, 0.3) is 0 Å². The van der Waals surface area contributed by atoms with Crippen LogP contribution < -0.4 is 5.32 Å². The van der Waals surface area contributed by atoms with Crippen LogP contribution in [0.15, 0.2) is 18.2 Å². The fraction of sp³-hybridized carbons (Fsp3) is 0.500. The minimum atomic E-state index is -0.873. The molecule has 3 heteroatoms. The molecule has 1 atom stereocenters. The van der Waals surface area contributed by atoms with Crippen LogP contribution in [0.1, 0.15) is 49.0 Å². The molecule has 0 aromatic heterocycles. The number of benzene rings is 1. The van der Waals surface area contributed by atoms with Crippen molar-refractivity contribution in [1.82, 2.24) is 0 Å². The smallest absolute Gasteiger partial charge is 0.337 e. The van der Waals surface area contributed by atoms with Crippen LogP contribution in [0.4, 0.5) is 5.69 Å². The lowest BCUT2D eigenvalue weighted by Crippen LogP contribution is -2.19. The van der Waals surface area contributed by atoms with Crippen LogP contribution in [-0.4, -0.2) is 17.1 Å². The highest BCUT2D eigenvalue weighted by Gasteiger charge is 2.13. The molecule has 0 radical (unpaired) electrons. The summed E-state index contributed by atoms with van der Waals surface area (Å²) in [5, 5.41) is 12.5. The van der Waals surface area contributed by atoms with Crippen molar-refractivity contribution in [3.63, 3.8) is 0 Å². The van der Waals surface area contributed by atoms with Gasteiger partial charge in [0.15, 0.2) is 0 Å².